The molecule has 74 valence electrons. The minimum absolute atomic E-state index is 0.266. The van der Waals surface area contributed by atoms with E-state index in [1.165, 1.54) is 6.07 Å². The zero-order chi connectivity index (χ0) is 9.97. The number of para-hydroxylation sites is 1. The molecule has 0 fully saturated rings. The highest BCUT2D eigenvalue weighted by Crippen LogP contribution is 2.24. The largest absolute Gasteiger partial charge is 0.354 e. The molecule has 14 heavy (non-hydrogen) atoms. The summed E-state index contributed by atoms with van der Waals surface area (Å²) in [7, 11) is 0. The van der Waals surface area contributed by atoms with E-state index >= 15 is 0 Å². The van der Waals surface area contributed by atoms with Gasteiger partial charge in [0.15, 0.2) is 5.96 Å². The highest BCUT2D eigenvalue weighted by Gasteiger charge is 2.10. The van der Waals surface area contributed by atoms with Gasteiger partial charge >= 0.3 is 0 Å². The van der Waals surface area contributed by atoms with Crippen LogP contribution >= 0.6 is 11.6 Å². The number of benzene rings is 1. The molecule has 2 N–H and O–H groups in total. The van der Waals surface area contributed by atoms with Crippen molar-refractivity contribution >= 4 is 23.2 Å². The van der Waals surface area contributed by atoms with Gasteiger partial charge in [0.2, 0.25) is 0 Å². The Morgan fingerprint density at radius 3 is 3.00 bits per heavy atom. The van der Waals surface area contributed by atoms with Crippen molar-refractivity contribution in [3.8, 4) is 0 Å². The molecule has 0 saturated heterocycles. The number of anilines is 1. The lowest BCUT2D eigenvalue weighted by Crippen LogP contribution is -2.26. The topological polar surface area (TPSA) is 36.4 Å². The van der Waals surface area contributed by atoms with E-state index in [1.54, 1.807) is 12.1 Å². The first-order valence-corrected chi connectivity index (χ1v) is 4.64. The molecule has 0 atom stereocenters. The predicted molar refractivity (Wildman–Crippen MR) is 55.3 cm³/mol. The van der Waals surface area contributed by atoms with Crippen molar-refractivity contribution in [1.29, 1.82) is 0 Å². The molecule has 0 radical (unpaired) electrons. The number of aliphatic imine (C=N–C) groups is 1. The Hall–Kier alpha value is -1.29. The summed E-state index contributed by atoms with van der Waals surface area (Å²) in [6.45, 7) is 1.48. The Morgan fingerprint density at radius 2 is 2.36 bits per heavy atom. The maximum Gasteiger partial charge on any atom is 0.196 e. The Bertz CT molecular complexity index is 358. The maximum absolute atomic E-state index is 13.3. The molecule has 0 saturated carbocycles. The molecule has 0 aromatic heterocycles. The Balaban J connectivity index is 2.23. The first-order chi connectivity index (χ1) is 6.77. The standard InChI is InChI=1S/C9H9ClFN3/c10-6-2-1-3-7(11)8(6)14-9-12-4-5-13-9/h1-3H,4-5H2,(H2,12,13,14)/i11-1. The molecule has 1 heterocycles. The van der Waals surface area contributed by atoms with Crippen LogP contribution in [0, 0.1) is 5.82 Å². The second-order valence-electron chi connectivity index (χ2n) is 2.88. The van der Waals surface area contributed by atoms with Crippen molar-refractivity contribution < 1.29 is 4.39 Å². The van der Waals surface area contributed by atoms with Gasteiger partial charge in [0.25, 0.3) is 0 Å². The summed E-state index contributed by atoms with van der Waals surface area (Å²) < 4.78 is 13.3. The highest BCUT2D eigenvalue weighted by atomic mass is 35.5. The van der Waals surface area contributed by atoms with Crippen molar-refractivity contribution in [1.82, 2.24) is 5.32 Å². The average molecular weight is 213 g/mol. The van der Waals surface area contributed by atoms with Crippen LogP contribution < -0.4 is 10.6 Å². The van der Waals surface area contributed by atoms with Crippen LogP contribution in [0.3, 0.4) is 0 Å². The third-order valence-electron chi connectivity index (χ3n) is 1.88. The summed E-state index contributed by atoms with van der Waals surface area (Å²) in [4.78, 5) is 4.08. The summed E-state index contributed by atoms with van der Waals surface area (Å²) in [5.41, 5.74) is 0.266. The number of nitrogens with one attached hydrogen (secondary N) is 2. The molecule has 0 bridgehead atoms. The number of nitrogens with zero attached hydrogens (tertiary/aromatic N) is 1. The minimum Gasteiger partial charge on any atom is -0.354 e. The van der Waals surface area contributed by atoms with Crippen LogP contribution in [0.2, 0.25) is 5.02 Å². The fourth-order valence-electron chi connectivity index (χ4n) is 1.22. The fourth-order valence-corrected chi connectivity index (χ4v) is 1.43. The molecule has 1 aromatic carbocycles. The number of hydrogen-bond acceptors (Lipinski definition) is 3. The normalized spacial score (nSPS) is 14.9. The SMILES string of the molecule is [18F]c1cccc(Cl)c1NC1=NCCN1. The summed E-state index contributed by atoms with van der Waals surface area (Å²) >= 11 is 5.82. The van der Waals surface area contributed by atoms with E-state index in [2.05, 4.69) is 15.6 Å². The molecule has 2 rings (SSSR count). The Kier molecular flexibility index (Phi) is 2.54. The van der Waals surface area contributed by atoms with E-state index in [-0.39, 0.29) is 11.5 Å². The number of rotatable bonds is 1. The fraction of sp³-hybridized carbons (Fsp3) is 0.222. The molecule has 3 nitrogen and oxygen atoms in total. The van der Waals surface area contributed by atoms with Crippen molar-refractivity contribution in [2.24, 2.45) is 4.99 Å². The van der Waals surface area contributed by atoms with Crippen molar-refractivity contribution in [2.75, 3.05) is 18.4 Å². The van der Waals surface area contributed by atoms with Crippen LogP contribution in [0.1, 0.15) is 0 Å². The molecule has 0 spiro atoms. The predicted octanol–water partition coefficient (Wildman–Crippen LogP) is 1.85. The number of hydrogen-bond donors (Lipinski definition) is 2. The zero-order valence-corrected chi connectivity index (χ0v) is 8.11. The lowest BCUT2D eigenvalue weighted by atomic mass is 10.3. The molecular formula is C9H9ClFN3. The molecule has 1 aromatic rings. The summed E-state index contributed by atoms with van der Waals surface area (Å²) in [6, 6.07) is 4.54. The molecular weight excluding hydrogens is 204 g/mol. The Labute approximate surface area is 86.0 Å². The highest BCUT2D eigenvalue weighted by molar-refractivity contribution is 6.33. The molecule has 0 aliphatic carbocycles. The van der Waals surface area contributed by atoms with E-state index in [0.29, 0.717) is 17.5 Å². The van der Waals surface area contributed by atoms with Gasteiger partial charge in [-0.05, 0) is 12.1 Å². The van der Waals surface area contributed by atoms with Gasteiger partial charge in [-0.25, -0.2) is 4.39 Å². The zero-order valence-electron chi connectivity index (χ0n) is 7.35. The maximum atomic E-state index is 13.3. The lowest BCUT2D eigenvalue weighted by Gasteiger charge is -2.08. The number of halogens is 2. The quantitative estimate of drug-likeness (QED) is 0.746. The summed E-state index contributed by atoms with van der Waals surface area (Å²) in [5.74, 6) is 0.186. The molecule has 0 amide bonds. The minimum atomic E-state index is -0.381. The van der Waals surface area contributed by atoms with Crippen LogP contribution in [0.4, 0.5) is 10.1 Å². The second kappa shape index (κ2) is 3.84. The Morgan fingerprint density at radius 1 is 1.50 bits per heavy atom. The van der Waals surface area contributed by atoms with Crippen molar-refractivity contribution in [3.63, 3.8) is 0 Å². The van der Waals surface area contributed by atoms with Crippen LogP contribution in [-0.4, -0.2) is 19.0 Å². The van der Waals surface area contributed by atoms with Crippen LogP contribution in [0.5, 0.6) is 0 Å². The van der Waals surface area contributed by atoms with E-state index < -0.39 is 0 Å². The smallest absolute Gasteiger partial charge is 0.196 e. The van der Waals surface area contributed by atoms with E-state index in [9.17, 15) is 4.39 Å². The van der Waals surface area contributed by atoms with Crippen molar-refractivity contribution in [3.05, 3.63) is 29.0 Å². The molecule has 1 aliphatic heterocycles. The van der Waals surface area contributed by atoms with Gasteiger partial charge in [0, 0.05) is 6.54 Å². The van der Waals surface area contributed by atoms with Gasteiger partial charge in [-0.1, -0.05) is 17.7 Å². The van der Waals surface area contributed by atoms with Gasteiger partial charge < -0.3 is 10.6 Å². The third-order valence-corrected chi connectivity index (χ3v) is 2.20. The van der Waals surface area contributed by atoms with Crippen LogP contribution in [-0.2, 0) is 0 Å². The van der Waals surface area contributed by atoms with Gasteiger partial charge in [-0.15, -0.1) is 0 Å². The van der Waals surface area contributed by atoms with E-state index in [4.69, 9.17) is 11.6 Å². The van der Waals surface area contributed by atoms with Gasteiger partial charge in [0.1, 0.15) is 5.82 Å². The second-order valence-corrected chi connectivity index (χ2v) is 3.29. The average Bonchev–Trinajstić information content (AvgIpc) is 2.64. The first kappa shape index (κ1) is 9.27. The van der Waals surface area contributed by atoms with Gasteiger partial charge in [-0.2, -0.15) is 0 Å². The van der Waals surface area contributed by atoms with Crippen LogP contribution in [0.15, 0.2) is 23.2 Å². The molecule has 5 heteroatoms. The van der Waals surface area contributed by atoms with E-state index in [1.807, 2.05) is 0 Å². The van der Waals surface area contributed by atoms with Gasteiger partial charge in [0.05, 0.1) is 17.3 Å². The van der Waals surface area contributed by atoms with Gasteiger partial charge in [-0.3, -0.25) is 4.99 Å². The van der Waals surface area contributed by atoms with Crippen molar-refractivity contribution in [2.45, 2.75) is 0 Å². The third kappa shape index (κ3) is 1.80. The summed E-state index contributed by atoms with van der Waals surface area (Å²) in [5, 5.41) is 6.13. The van der Waals surface area contributed by atoms with Crippen LogP contribution in [0.25, 0.3) is 0 Å². The monoisotopic (exact) mass is 212 g/mol. The summed E-state index contributed by atoms with van der Waals surface area (Å²) in [6.07, 6.45) is 0. The number of guanidine groups is 1. The molecule has 1 aliphatic rings. The van der Waals surface area contributed by atoms with E-state index in [0.717, 1.165) is 6.54 Å². The molecule has 0 unspecified atom stereocenters. The lowest BCUT2D eigenvalue weighted by molar-refractivity contribution is 0.632. The first-order valence-electron chi connectivity index (χ1n) is 4.27.